The number of hydrogen-bond acceptors (Lipinski definition) is 1. The van der Waals surface area contributed by atoms with Crippen molar-refractivity contribution in [1.82, 2.24) is 5.32 Å². The molecule has 0 aliphatic carbocycles. The first-order chi connectivity index (χ1) is 7.56. The summed E-state index contributed by atoms with van der Waals surface area (Å²) in [5, 5.41) is 3.29. The van der Waals surface area contributed by atoms with Crippen LogP contribution in [0.4, 0.5) is 4.39 Å². The van der Waals surface area contributed by atoms with Gasteiger partial charge in [-0.05, 0) is 38.1 Å². The van der Waals surface area contributed by atoms with Crippen molar-refractivity contribution in [3.63, 3.8) is 0 Å². The molecule has 3 heteroatoms. The summed E-state index contributed by atoms with van der Waals surface area (Å²) in [6, 6.07) is 4.87. The van der Waals surface area contributed by atoms with E-state index in [9.17, 15) is 4.39 Å². The largest absolute Gasteiger partial charge is 0.306 e. The Bertz CT molecular complexity index is 376. The van der Waals surface area contributed by atoms with Gasteiger partial charge in [0.1, 0.15) is 5.82 Å². The van der Waals surface area contributed by atoms with Gasteiger partial charge in [0.15, 0.2) is 0 Å². The Kier molecular flexibility index (Phi) is 5.16. The molecule has 0 radical (unpaired) electrons. The Morgan fingerprint density at radius 3 is 2.81 bits per heavy atom. The summed E-state index contributed by atoms with van der Waals surface area (Å²) in [5.41, 5.74) is 1.57. The molecule has 0 spiro atoms. The van der Waals surface area contributed by atoms with Crippen LogP contribution in [0.2, 0.25) is 0 Å². The average Bonchev–Trinajstić information content (AvgIpc) is 2.23. The number of halogens is 2. The van der Waals surface area contributed by atoms with Gasteiger partial charge in [-0.2, -0.15) is 0 Å². The minimum Gasteiger partial charge on any atom is -0.306 e. The van der Waals surface area contributed by atoms with Crippen LogP contribution in [0, 0.1) is 5.82 Å². The maximum Gasteiger partial charge on any atom is 0.128 e. The van der Waals surface area contributed by atoms with Crippen LogP contribution >= 0.6 is 15.9 Å². The lowest BCUT2D eigenvalue weighted by Gasteiger charge is -2.20. The van der Waals surface area contributed by atoms with E-state index in [4.69, 9.17) is 0 Å². The van der Waals surface area contributed by atoms with E-state index in [1.807, 2.05) is 6.92 Å². The summed E-state index contributed by atoms with van der Waals surface area (Å²) in [5.74, 6) is -0.195. The molecule has 1 rings (SSSR count). The quantitative estimate of drug-likeness (QED) is 0.800. The molecule has 0 amide bonds. The smallest absolute Gasteiger partial charge is 0.128 e. The average molecular weight is 286 g/mol. The lowest BCUT2D eigenvalue weighted by atomic mass is 10.0. The van der Waals surface area contributed by atoms with Crippen molar-refractivity contribution in [1.29, 1.82) is 0 Å². The van der Waals surface area contributed by atoms with Crippen molar-refractivity contribution in [3.8, 4) is 0 Å². The van der Waals surface area contributed by atoms with Crippen LogP contribution < -0.4 is 5.32 Å². The van der Waals surface area contributed by atoms with Gasteiger partial charge < -0.3 is 5.32 Å². The van der Waals surface area contributed by atoms with Crippen LogP contribution in [0.15, 0.2) is 34.8 Å². The molecule has 0 saturated carbocycles. The standard InChI is InChI=1S/C13H17BrFN/c1-4-7-16-13(9(2)3)11-8-10(14)5-6-12(11)15/h5-6,8,13,16H,2,4,7H2,1,3H3. The SMILES string of the molecule is C=C(C)C(NCCC)c1cc(Br)ccc1F. The van der Waals surface area contributed by atoms with Crippen LogP contribution in [0.3, 0.4) is 0 Å². The Balaban J connectivity index is 3.00. The van der Waals surface area contributed by atoms with Crippen molar-refractivity contribution < 1.29 is 4.39 Å². The Morgan fingerprint density at radius 2 is 2.25 bits per heavy atom. The van der Waals surface area contributed by atoms with E-state index in [-0.39, 0.29) is 11.9 Å². The minimum absolute atomic E-state index is 0.113. The fourth-order valence-electron chi connectivity index (χ4n) is 1.57. The molecule has 0 aliphatic rings. The zero-order valence-corrected chi connectivity index (χ0v) is 11.3. The maximum atomic E-state index is 13.7. The van der Waals surface area contributed by atoms with E-state index in [2.05, 4.69) is 34.7 Å². The number of benzene rings is 1. The summed E-state index contributed by atoms with van der Waals surface area (Å²) in [6.45, 7) is 8.76. The van der Waals surface area contributed by atoms with Gasteiger partial charge in [-0.1, -0.05) is 35.0 Å². The van der Waals surface area contributed by atoms with Crippen molar-refractivity contribution in [3.05, 3.63) is 46.2 Å². The highest BCUT2D eigenvalue weighted by molar-refractivity contribution is 9.10. The van der Waals surface area contributed by atoms with E-state index in [0.29, 0.717) is 5.56 Å². The molecule has 1 N–H and O–H groups in total. The summed E-state index contributed by atoms with van der Waals surface area (Å²) < 4.78 is 14.6. The molecule has 1 atom stereocenters. The number of nitrogens with one attached hydrogen (secondary N) is 1. The Morgan fingerprint density at radius 1 is 1.56 bits per heavy atom. The minimum atomic E-state index is -0.195. The summed E-state index contributed by atoms with van der Waals surface area (Å²) >= 11 is 3.36. The highest BCUT2D eigenvalue weighted by Gasteiger charge is 2.15. The third kappa shape index (κ3) is 3.42. The van der Waals surface area contributed by atoms with Crippen LogP contribution in [-0.4, -0.2) is 6.54 Å². The lowest BCUT2D eigenvalue weighted by molar-refractivity contribution is 0.541. The molecule has 0 aromatic heterocycles. The van der Waals surface area contributed by atoms with Crippen LogP contribution in [0.25, 0.3) is 0 Å². The second-order valence-electron chi connectivity index (χ2n) is 3.90. The van der Waals surface area contributed by atoms with Gasteiger partial charge in [-0.15, -0.1) is 0 Å². The molecule has 0 heterocycles. The number of hydrogen-bond donors (Lipinski definition) is 1. The monoisotopic (exact) mass is 285 g/mol. The molecule has 0 saturated heterocycles. The fraction of sp³-hybridized carbons (Fsp3) is 0.385. The van der Waals surface area contributed by atoms with Crippen LogP contribution in [0.1, 0.15) is 31.9 Å². The predicted octanol–water partition coefficient (Wildman–Crippen LogP) is 4.21. The molecule has 1 unspecified atom stereocenters. The molecule has 1 aromatic carbocycles. The molecule has 1 nitrogen and oxygen atoms in total. The van der Waals surface area contributed by atoms with E-state index in [0.717, 1.165) is 23.0 Å². The van der Waals surface area contributed by atoms with E-state index in [1.165, 1.54) is 6.07 Å². The zero-order valence-electron chi connectivity index (χ0n) is 9.69. The van der Waals surface area contributed by atoms with Crippen LogP contribution in [-0.2, 0) is 0 Å². The third-order valence-corrected chi connectivity index (χ3v) is 2.85. The first kappa shape index (κ1) is 13.4. The molecule has 16 heavy (non-hydrogen) atoms. The van der Waals surface area contributed by atoms with Gasteiger partial charge in [0, 0.05) is 10.0 Å². The first-order valence-electron chi connectivity index (χ1n) is 5.40. The highest BCUT2D eigenvalue weighted by Crippen LogP contribution is 2.26. The normalized spacial score (nSPS) is 12.5. The second-order valence-corrected chi connectivity index (χ2v) is 4.81. The molecule has 0 fully saturated rings. The summed E-state index contributed by atoms with van der Waals surface area (Å²) in [4.78, 5) is 0. The van der Waals surface area contributed by atoms with E-state index < -0.39 is 0 Å². The molecular formula is C13H17BrFN. The molecule has 1 aromatic rings. The topological polar surface area (TPSA) is 12.0 Å². The summed E-state index contributed by atoms with van der Waals surface area (Å²) in [7, 11) is 0. The summed E-state index contributed by atoms with van der Waals surface area (Å²) in [6.07, 6.45) is 1.01. The van der Waals surface area contributed by atoms with Gasteiger partial charge in [0.2, 0.25) is 0 Å². The van der Waals surface area contributed by atoms with Gasteiger partial charge in [-0.25, -0.2) is 4.39 Å². The lowest BCUT2D eigenvalue weighted by Crippen LogP contribution is -2.23. The highest BCUT2D eigenvalue weighted by atomic mass is 79.9. The molecule has 0 aliphatic heterocycles. The molecule has 0 bridgehead atoms. The van der Waals surface area contributed by atoms with Gasteiger partial charge in [-0.3, -0.25) is 0 Å². The van der Waals surface area contributed by atoms with E-state index in [1.54, 1.807) is 12.1 Å². The van der Waals surface area contributed by atoms with Gasteiger partial charge >= 0.3 is 0 Å². The van der Waals surface area contributed by atoms with Gasteiger partial charge in [0.25, 0.3) is 0 Å². The Hall–Kier alpha value is -0.670. The third-order valence-electron chi connectivity index (χ3n) is 2.36. The maximum absolute atomic E-state index is 13.7. The molecule has 88 valence electrons. The van der Waals surface area contributed by atoms with Gasteiger partial charge in [0.05, 0.1) is 6.04 Å². The van der Waals surface area contributed by atoms with Crippen molar-refractivity contribution in [2.24, 2.45) is 0 Å². The zero-order chi connectivity index (χ0) is 12.1. The van der Waals surface area contributed by atoms with Crippen molar-refractivity contribution >= 4 is 15.9 Å². The first-order valence-corrected chi connectivity index (χ1v) is 6.19. The van der Waals surface area contributed by atoms with Crippen LogP contribution in [0.5, 0.6) is 0 Å². The van der Waals surface area contributed by atoms with Crippen molar-refractivity contribution in [2.75, 3.05) is 6.54 Å². The van der Waals surface area contributed by atoms with E-state index >= 15 is 0 Å². The fourth-order valence-corrected chi connectivity index (χ4v) is 1.95. The second kappa shape index (κ2) is 6.16. The number of rotatable bonds is 5. The van der Waals surface area contributed by atoms with Crippen molar-refractivity contribution in [2.45, 2.75) is 26.3 Å². The molecular weight excluding hydrogens is 269 g/mol. The Labute approximate surface area is 105 Å². The predicted molar refractivity (Wildman–Crippen MR) is 69.9 cm³/mol.